The molecule has 0 aliphatic carbocycles. The van der Waals surface area contributed by atoms with Crippen LogP contribution in [-0.2, 0) is 9.53 Å². The van der Waals surface area contributed by atoms with E-state index in [1.165, 1.54) is 35.1 Å². The minimum Gasteiger partial charge on any atom is -0.480 e. The summed E-state index contributed by atoms with van der Waals surface area (Å²) in [5, 5.41) is 18.2. The summed E-state index contributed by atoms with van der Waals surface area (Å²) in [6, 6.07) is 10.6. The Hall–Kier alpha value is -3.92. The maximum absolute atomic E-state index is 12.3. The highest BCUT2D eigenvalue weighted by molar-refractivity contribution is 6.31. The lowest BCUT2D eigenvalue weighted by molar-refractivity contribution is -0.384. The highest BCUT2D eigenvalue weighted by atomic mass is 35.5. The van der Waals surface area contributed by atoms with Gasteiger partial charge in [0.1, 0.15) is 0 Å². The Bertz CT molecular complexity index is 1160. The number of carbonyl (C=O) groups is 2. The van der Waals surface area contributed by atoms with Crippen molar-refractivity contribution in [3.05, 3.63) is 75.1 Å². The first-order valence-electron chi connectivity index (χ1n) is 9.49. The van der Waals surface area contributed by atoms with Gasteiger partial charge in [0.2, 0.25) is 5.69 Å². The van der Waals surface area contributed by atoms with E-state index in [1.807, 2.05) is 6.92 Å². The molecule has 1 heterocycles. The number of nitrogens with zero attached hydrogens (tertiary/aromatic N) is 3. The average molecular weight is 459 g/mol. The Labute approximate surface area is 187 Å². The lowest BCUT2D eigenvalue weighted by Gasteiger charge is -2.08. The van der Waals surface area contributed by atoms with Gasteiger partial charge in [0.05, 0.1) is 23.4 Å². The first-order chi connectivity index (χ1) is 15.3. The van der Waals surface area contributed by atoms with Gasteiger partial charge in [-0.25, -0.2) is 9.48 Å². The first-order valence-corrected chi connectivity index (χ1v) is 9.86. The van der Waals surface area contributed by atoms with Crippen molar-refractivity contribution in [2.45, 2.75) is 13.8 Å². The van der Waals surface area contributed by atoms with Crippen LogP contribution >= 0.6 is 11.6 Å². The molecule has 0 aliphatic rings. The molecule has 166 valence electrons. The van der Waals surface area contributed by atoms with E-state index in [4.69, 9.17) is 21.1 Å². The van der Waals surface area contributed by atoms with Crippen LogP contribution in [0.15, 0.2) is 48.7 Å². The van der Waals surface area contributed by atoms with Crippen molar-refractivity contribution in [1.82, 2.24) is 9.78 Å². The van der Waals surface area contributed by atoms with E-state index < -0.39 is 23.4 Å². The van der Waals surface area contributed by atoms with Gasteiger partial charge in [-0.15, -0.1) is 0 Å². The number of nitro groups is 1. The van der Waals surface area contributed by atoms with Crippen molar-refractivity contribution in [3.63, 3.8) is 0 Å². The number of hydrogen-bond donors (Lipinski definition) is 1. The Balaban J connectivity index is 1.77. The predicted octanol–water partition coefficient (Wildman–Crippen LogP) is 3.94. The van der Waals surface area contributed by atoms with E-state index in [-0.39, 0.29) is 23.7 Å². The Morgan fingerprint density at radius 1 is 1.22 bits per heavy atom. The van der Waals surface area contributed by atoms with Crippen LogP contribution < -0.4 is 10.1 Å². The molecule has 0 aliphatic heterocycles. The van der Waals surface area contributed by atoms with Crippen LogP contribution in [0.1, 0.15) is 23.0 Å². The van der Waals surface area contributed by atoms with Gasteiger partial charge in [0.25, 0.3) is 11.6 Å². The quantitative estimate of drug-likeness (QED) is 0.308. The van der Waals surface area contributed by atoms with E-state index in [9.17, 15) is 19.7 Å². The number of esters is 1. The number of aryl methyl sites for hydroxylation is 1. The molecule has 1 aromatic heterocycles. The van der Waals surface area contributed by atoms with Gasteiger partial charge < -0.3 is 14.8 Å². The minimum absolute atomic E-state index is 0.0268. The standard InChI is InChI=1S/C21H19ClN4O6/c1-3-31-21(28)20-18(11-25(24-20)15-6-8-16(9-7-15)26(29)30)32-12-19(27)23-14-5-4-13(2)17(22)10-14/h4-11H,3,12H2,1-2H3,(H,23,27). The maximum Gasteiger partial charge on any atom is 0.362 e. The Kier molecular flexibility index (Phi) is 7.06. The van der Waals surface area contributed by atoms with Gasteiger partial charge in [-0.05, 0) is 43.7 Å². The summed E-state index contributed by atoms with van der Waals surface area (Å²) in [4.78, 5) is 34.9. The van der Waals surface area contributed by atoms with E-state index in [0.717, 1.165) is 5.56 Å². The fraction of sp³-hybridized carbons (Fsp3) is 0.190. The van der Waals surface area contributed by atoms with Crippen molar-refractivity contribution in [1.29, 1.82) is 0 Å². The summed E-state index contributed by atoms with van der Waals surface area (Å²) < 4.78 is 11.8. The molecule has 0 saturated heterocycles. The lowest BCUT2D eigenvalue weighted by Crippen LogP contribution is -2.20. The molecule has 32 heavy (non-hydrogen) atoms. The van der Waals surface area contributed by atoms with Crippen LogP contribution in [0.2, 0.25) is 5.02 Å². The smallest absolute Gasteiger partial charge is 0.362 e. The number of ether oxygens (including phenoxy) is 2. The molecule has 1 N–H and O–H groups in total. The number of rotatable bonds is 8. The molecule has 0 atom stereocenters. The van der Waals surface area contributed by atoms with Gasteiger partial charge in [-0.2, -0.15) is 5.10 Å². The highest BCUT2D eigenvalue weighted by Gasteiger charge is 2.21. The molecule has 1 amide bonds. The number of benzene rings is 2. The second-order valence-corrected chi connectivity index (χ2v) is 6.99. The molecule has 0 bridgehead atoms. The molecule has 2 aromatic carbocycles. The van der Waals surface area contributed by atoms with Gasteiger partial charge in [-0.3, -0.25) is 14.9 Å². The van der Waals surface area contributed by atoms with E-state index in [2.05, 4.69) is 10.4 Å². The first kappa shape index (κ1) is 22.8. The topological polar surface area (TPSA) is 126 Å². The Morgan fingerprint density at radius 2 is 1.94 bits per heavy atom. The summed E-state index contributed by atoms with van der Waals surface area (Å²) in [6.07, 6.45) is 1.39. The summed E-state index contributed by atoms with van der Waals surface area (Å²) >= 11 is 6.06. The summed E-state index contributed by atoms with van der Waals surface area (Å²) in [7, 11) is 0. The molecule has 0 spiro atoms. The van der Waals surface area contributed by atoms with Crippen LogP contribution in [0.25, 0.3) is 5.69 Å². The monoisotopic (exact) mass is 458 g/mol. The zero-order valence-electron chi connectivity index (χ0n) is 17.2. The van der Waals surface area contributed by atoms with Crippen LogP contribution in [0.4, 0.5) is 11.4 Å². The number of aromatic nitrogens is 2. The highest BCUT2D eigenvalue weighted by Crippen LogP contribution is 2.23. The Morgan fingerprint density at radius 3 is 2.56 bits per heavy atom. The number of anilines is 1. The number of amides is 1. The van der Waals surface area contributed by atoms with Crippen LogP contribution in [0.5, 0.6) is 5.75 Å². The number of nitrogens with one attached hydrogen (secondary N) is 1. The molecule has 3 aromatic rings. The lowest BCUT2D eigenvalue weighted by atomic mass is 10.2. The fourth-order valence-corrected chi connectivity index (χ4v) is 2.86. The third-order valence-electron chi connectivity index (χ3n) is 4.29. The normalized spacial score (nSPS) is 10.5. The van der Waals surface area contributed by atoms with Gasteiger partial charge in [-0.1, -0.05) is 17.7 Å². The number of non-ortho nitro benzene ring substituents is 1. The van der Waals surface area contributed by atoms with E-state index >= 15 is 0 Å². The average Bonchev–Trinajstić information content (AvgIpc) is 3.19. The van der Waals surface area contributed by atoms with Crippen LogP contribution in [0, 0.1) is 17.0 Å². The largest absolute Gasteiger partial charge is 0.480 e. The zero-order valence-corrected chi connectivity index (χ0v) is 18.0. The summed E-state index contributed by atoms with van der Waals surface area (Å²) in [5.74, 6) is -1.17. The number of hydrogen-bond acceptors (Lipinski definition) is 7. The summed E-state index contributed by atoms with van der Waals surface area (Å²) in [6.45, 7) is 3.21. The van der Waals surface area contributed by atoms with Crippen molar-refractivity contribution in [2.24, 2.45) is 0 Å². The SMILES string of the molecule is CCOC(=O)c1nn(-c2ccc([N+](=O)[O-])cc2)cc1OCC(=O)Nc1ccc(C)c(Cl)c1. The number of halogens is 1. The summed E-state index contributed by atoms with van der Waals surface area (Å²) in [5.41, 5.74) is 1.61. The van der Waals surface area contributed by atoms with Gasteiger partial charge in [0.15, 0.2) is 12.4 Å². The molecular formula is C21H19ClN4O6. The van der Waals surface area contributed by atoms with Gasteiger partial charge in [0, 0.05) is 22.8 Å². The maximum atomic E-state index is 12.3. The number of carbonyl (C=O) groups excluding carboxylic acids is 2. The number of nitro benzene ring substituents is 1. The second kappa shape index (κ2) is 9.92. The van der Waals surface area contributed by atoms with Crippen molar-refractivity contribution < 1.29 is 24.0 Å². The van der Waals surface area contributed by atoms with E-state index in [0.29, 0.717) is 16.4 Å². The molecule has 0 saturated carbocycles. The van der Waals surface area contributed by atoms with Crippen molar-refractivity contribution >= 4 is 34.9 Å². The van der Waals surface area contributed by atoms with Crippen LogP contribution in [0.3, 0.4) is 0 Å². The molecule has 3 rings (SSSR count). The molecule has 0 fully saturated rings. The van der Waals surface area contributed by atoms with Gasteiger partial charge >= 0.3 is 5.97 Å². The van der Waals surface area contributed by atoms with Crippen LogP contribution in [-0.4, -0.2) is 39.8 Å². The fourth-order valence-electron chi connectivity index (χ4n) is 2.67. The molecule has 10 nitrogen and oxygen atoms in total. The molecule has 0 unspecified atom stereocenters. The third kappa shape index (κ3) is 5.41. The van der Waals surface area contributed by atoms with Crippen molar-refractivity contribution in [3.8, 4) is 11.4 Å². The molecule has 11 heteroatoms. The van der Waals surface area contributed by atoms with Crippen molar-refractivity contribution in [2.75, 3.05) is 18.5 Å². The zero-order chi connectivity index (χ0) is 23.3. The minimum atomic E-state index is -0.728. The second-order valence-electron chi connectivity index (χ2n) is 6.58. The third-order valence-corrected chi connectivity index (χ3v) is 4.70. The molecular weight excluding hydrogens is 440 g/mol. The predicted molar refractivity (Wildman–Crippen MR) is 116 cm³/mol. The van der Waals surface area contributed by atoms with E-state index in [1.54, 1.807) is 25.1 Å². The molecule has 0 radical (unpaired) electrons.